The number of hydrogen-bond donors (Lipinski definition) is 0. The lowest BCUT2D eigenvalue weighted by atomic mass is 10.2. The second-order valence-electron chi connectivity index (χ2n) is 3.78. The SMILES string of the molecule is Cc1ccc(Cl)cc1Oc1cccc(F)c1C=O. The van der Waals surface area contributed by atoms with Gasteiger partial charge in [-0.25, -0.2) is 4.39 Å². The molecule has 0 heterocycles. The lowest BCUT2D eigenvalue weighted by Crippen LogP contribution is -1.95. The Morgan fingerprint density at radius 2 is 2.00 bits per heavy atom. The topological polar surface area (TPSA) is 26.3 Å². The molecule has 0 radical (unpaired) electrons. The maximum atomic E-state index is 13.4. The van der Waals surface area contributed by atoms with Gasteiger partial charge in [0.25, 0.3) is 0 Å². The van der Waals surface area contributed by atoms with Gasteiger partial charge in [0.05, 0.1) is 5.56 Å². The predicted octanol–water partition coefficient (Wildman–Crippen LogP) is 4.39. The number of benzene rings is 2. The summed E-state index contributed by atoms with van der Waals surface area (Å²) in [4.78, 5) is 10.8. The van der Waals surface area contributed by atoms with Gasteiger partial charge in [-0.3, -0.25) is 4.79 Å². The summed E-state index contributed by atoms with van der Waals surface area (Å²) in [5, 5.41) is 0.514. The Kier molecular flexibility index (Phi) is 3.63. The van der Waals surface area contributed by atoms with E-state index in [1.54, 1.807) is 18.2 Å². The van der Waals surface area contributed by atoms with Crippen LogP contribution in [0.1, 0.15) is 15.9 Å². The molecule has 0 fully saturated rings. The maximum absolute atomic E-state index is 13.4. The van der Waals surface area contributed by atoms with Gasteiger partial charge in [-0.2, -0.15) is 0 Å². The molecule has 0 aliphatic heterocycles. The van der Waals surface area contributed by atoms with Gasteiger partial charge in [-0.1, -0.05) is 23.7 Å². The van der Waals surface area contributed by atoms with Crippen molar-refractivity contribution in [1.29, 1.82) is 0 Å². The van der Waals surface area contributed by atoms with E-state index in [2.05, 4.69) is 0 Å². The molecule has 2 rings (SSSR count). The average molecular weight is 265 g/mol. The Labute approximate surface area is 109 Å². The molecule has 2 aromatic carbocycles. The fourth-order valence-corrected chi connectivity index (χ4v) is 1.69. The summed E-state index contributed by atoms with van der Waals surface area (Å²) in [5.74, 6) is 0.0637. The first-order chi connectivity index (χ1) is 8.61. The van der Waals surface area contributed by atoms with E-state index >= 15 is 0 Å². The van der Waals surface area contributed by atoms with Crippen molar-refractivity contribution in [2.24, 2.45) is 0 Å². The summed E-state index contributed by atoms with van der Waals surface area (Å²) in [6.45, 7) is 1.84. The van der Waals surface area contributed by atoms with Gasteiger partial charge < -0.3 is 4.74 Å². The minimum absolute atomic E-state index is 0.100. The van der Waals surface area contributed by atoms with Gasteiger partial charge in [-0.05, 0) is 36.8 Å². The van der Waals surface area contributed by atoms with Gasteiger partial charge in [0.2, 0.25) is 0 Å². The van der Waals surface area contributed by atoms with E-state index in [9.17, 15) is 9.18 Å². The normalized spacial score (nSPS) is 10.2. The number of ether oxygens (including phenoxy) is 1. The Morgan fingerprint density at radius 1 is 1.22 bits per heavy atom. The van der Waals surface area contributed by atoms with E-state index in [1.807, 2.05) is 6.92 Å². The molecule has 0 bridgehead atoms. The fourth-order valence-electron chi connectivity index (χ4n) is 1.52. The quantitative estimate of drug-likeness (QED) is 0.769. The van der Waals surface area contributed by atoms with Crippen LogP contribution in [0.4, 0.5) is 4.39 Å². The molecule has 0 saturated carbocycles. The van der Waals surface area contributed by atoms with Crippen LogP contribution in [0, 0.1) is 12.7 Å². The molecule has 0 aliphatic carbocycles. The summed E-state index contributed by atoms with van der Waals surface area (Å²) in [7, 11) is 0. The number of hydrogen-bond acceptors (Lipinski definition) is 2. The first kappa shape index (κ1) is 12.6. The molecule has 18 heavy (non-hydrogen) atoms. The fraction of sp³-hybridized carbons (Fsp3) is 0.0714. The van der Waals surface area contributed by atoms with Crippen LogP contribution in [-0.2, 0) is 0 Å². The number of aldehydes is 1. The number of rotatable bonds is 3. The number of halogens is 2. The number of carbonyl (C=O) groups excluding carboxylic acids is 1. The number of carbonyl (C=O) groups is 1. The molecule has 4 heteroatoms. The molecule has 2 nitrogen and oxygen atoms in total. The highest BCUT2D eigenvalue weighted by molar-refractivity contribution is 6.30. The molecule has 2 aromatic rings. The average Bonchev–Trinajstić information content (AvgIpc) is 2.34. The van der Waals surface area contributed by atoms with Crippen LogP contribution < -0.4 is 4.74 Å². The first-order valence-corrected chi connectivity index (χ1v) is 5.67. The minimum atomic E-state index is -0.609. The van der Waals surface area contributed by atoms with E-state index in [-0.39, 0.29) is 11.3 Å². The van der Waals surface area contributed by atoms with E-state index in [1.165, 1.54) is 18.2 Å². The minimum Gasteiger partial charge on any atom is -0.456 e. The molecule has 0 aromatic heterocycles. The molecule has 0 atom stereocenters. The summed E-state index contributed by atoms with van der Waals surface area (Å²) >= 11 is 5.86. The van der Waals surface area contributed by atoms with Crippen molar-refractivity contribution in [3.8, 4) is 11.5 Å². The largest absolute Gasteiger partial charge is 0.456 e. The Morgan fingerprint density at radius 3 is 2.72 bits per heavy atom. The third-order valence-electron chi connectivity index (χ3n) is 2.50. The van der Waals surface area contributed by atoms with Crippen LogP contribution in [-0.4, -0.2) is 6.29 Å². The van der Waals surface area contributed by atoms with Crippen LogP contribution in [0.3, 0.4) is 0 Å². The van der Waals surface area contributed by atoms with Crippen molar-refractivity contribution >= 4 is 17.9 Å². The van der Waals surface area contributed by atoms with Crippen LogP contribution in [0.15, 0.2) is 36.4 Å². The van der Waals surface area contributed by atoms with Gasteiger partial charge in [0, 0.05) is 5.02 Å². The van der Waals surface area contributed by atoms with Crippen LogP contribution in [0.25, 0.3) is 0 Å². The molecule has 0 N–H and O–H groups in total. The Bertz CT molecular complexity index is 596. The van der Waals surface area contributed by atoms with Gasteiger partial charge in [0.1, 0.15) is 17.3 Å². The highest BCUT2D eigenvalue weighted by atomic mass is 35.5. The lowest BCUT2D eigenvalue weighted by Gasteiger charge is -2.11. The second kappa shape index (κ2) is 5.19. The summed E-state index contributed by atoms with van der Waals surface area (Å²) in [5.41, 5.74) is 0.748. The van der Waals surface area contributed by atoms with Crippen LogP contribution >= 0.6 is 11.6 Å². The van der Waals surface area contributed by atoms with Crippen LogP contribution in [0.2, 0.25) is 5.02 Å². The summed E-state index contributed by atoms with van der Waals surface area (Å²) in [6.07, 6.45) is 0.435. The first-order valence-electron chi connectivity index (χ1n) is 5.29. The summed E-state index contributed by atoms with van der Waals surface area (Å²) < 4.78 is 18.9. The zero-order chi connectivity index (χ0) is 13.1. The van der Waals surface area contributed by atoms with Crippen molar-refractivity contribution in [2.45, 2.75) is 6.92 Å². The Hall–Kier alpha value is -1.87. The monoisotopic (exact) mass is 264 g/mol. The lowest BCUT2D eigenvalue weighted by molar-refractivity contribution is 0.111. The highest BCUT2D eigenvalue weighted by Gasteiger charge is 2.10. The van der Waals surface area contributed by atoms with Gasteiger partial charge in [-0.15, -0.1) is 0 Å². The zero-order valence-electron chi connectivity index (χ0n) is 9.61. The van der Waals surface area contributed by atoms with Crippen molar-refractivity contribution in [3.05, 3.63) is 58.4 Å². The second-order valence-corrected chi connectivity index (χ2v) is 4.22. The molecule has 0 saturated heterocycles. The standard InChI is InChI=1S/C14H10ClFO2/c1-9-5-6-10(15)7-14(9)18-13-4-2-3-12(16)11(13)8-17/h2-8H,1H3. The van der Waals surface area contributed by atoms with E-state index in [0.29, 0.717) is 17.1 Å². The number of aryl methyl sites for hydroxylation is 1. The van der Waals surface area contributed by atoms with Crippen LogP contribution in [0.5, 0.6) is 11.5 Å². The highest BCUT2D eigenvalue weighted by Crippen LogP contribution is 2.30. The van der Waals surface area contributed by atoms with E-state index in [0.717, 1.165) is 5.56 Å². The van der Waals surface area contributed by atoms with Crippen molar-refractivity contribution in [2.75, 3.05) is 0 Å². The molecular weight excluding hydrogens is 255 g/mol. The van der Waals surface area contributed by atoms with Gasteiger partial charge in [0.15, 0.2) is 6.29 Å². The molecule has 0 unspecified atom stereocenters. The van der Waals surface area contributed by atoms with Crippen molar-refractivity contribution < 1.29 is 13.9 Å². The molecule has 0 aliphatic rings. The van der Waals surface area contributed by atoms with Gasteiger partial charge >= 0.3 is 0 Å². The zero-order valence-corrected chi connectivity index (χ0v) is 10.4. The molecular formula is C14H10ClFO2. The molecule has 0 spiro atoms. The van der Waals surface area contributed by atoms with E-state index in [4.69, 9.17) is 16.3 Å². The molecule has 0 amide bonds. The smallest absolute Gasteiger partial charge is 0.156 e. The predicted molar refractivity (Wildman–Crippen MR) is 68.1 cm³/mol. The Balaban J connectivity index is 2.43. The van der Waals surface area contributed by atoms with E-state index < -0.39 is 5.82 Å². The third kappa shape index (κ3) is 2.51. The van der Waals surface area contributed by atoms with Crippen molar-refractivity contribution in [1.82, 2.24) is 0 Å². The third-order valence-corrected chi connectivity index (χ3v) is 2.74. The maximum Gasteiger partial charge on any atom is 0.156 e. The molecule has 92 valence electrons. The summed E-state index contributed by atoms with van der Waals surface area (Å²) in [6, 6.07) is 9.37. The van der Waals surface area contributed by atoms with Crippen molar-refractivity contribution in [3.63, 3.8) is 0 Å².